The molecule has 0 radical (unpaired) electrons. The fourth-order valence-electron chi connectivity index (χ4n) is 8.63. The van der Waals surface area contributed by atoms with Crippen LogP contribution in [-0.4, -0.2) is 132 Å². The van der Waals surface area contributed by atoms with Crippen molar-refractivity contribution in [3.63, 3.8) is 0 Å². The van der Waals surface area contributed by atoms with Gasteiger partial charge in [0.1, 0.15) is 0 Å². The Morgan fingerprint density at radius 2 is 1.05 bits per heavy atom. The van der Waals surface area contributed by atoms with Crippen molar-refractivity contribution in [2.24, 2.45) is 5.73 Å². The zero-order chi connectivity index (χ0) is 42.6. The first-order chi connectivity index (χ1) is 29.8. The minimum absolute atomic E-state index is 0.274. The maximum atomic E-state index is 13.1. The number of hydrogen-bond acceptors (Lipinski definition) is 12. The molecule has 316 valence electrons. The summed E-state index contributed by atoms with van der Waals surface area (Å²) in [5, 5.41) is 24.4. The van der Waals surface area contributed by atoms with Crippen molar-refractivity contribution >= 4 is 45.2 Å². The lowest BCUT2D eigenvalue weighted by Crippen LogP contribution is -2.40. The number of carbonyl (C=O) groups excluding carboxylic acids is 4. The van der Waals surface area contributed by atoms with E-state index in [0.717, 1.165) is 92.1 Å². The minimum Gasteiger partial charge on any atom is -0.330 e. The van der Waals surface area contributed by atoms with Gasteiger partial charge in [0.2, 0.25) is 0 Å². The van der Waals surface area contributed by atoms with Gasteiger partial charge in [-0.25, -0.2) is 9.36 Å². The van der Waals surface area contributed by atoms with E-state index in [1.807, 2.05) is 48.8 Å². The summed E-state index contributed by atoms with van der Waals surface area (Å²) in [6, 6.07) is 18.4. The fourth-order valence-corrected chi connectivity index (χ4v) is 8.63. The highest BCUT2D eigenvalue weighted by atomic mass is 16.2. The molecule has 0 saturated heterocycles. The second kappa shape index (κ2) is 18.2. The maximum Gasteiger partial charge on any atom is 0.261 e. The number of aromatic nitrogens is 6. The normalized spacial score (nSPS) is 13.9. The fraction of sp³-hybridized carbons (Fsp3) is 0.378. The number of nitrogens with one attached hydrogen (secondary N) is 1. The minimum atomic E-state index is -0.280. The Kier molecular flexibility index (Phi) is 12.4. The molecule has 4 heterocycles. The molecule has 4 aromatic carbocycles. The average Bonchev–Trinajstić information content (AvgIpc) is 3.94. The molecule has 2 aliphatic rings. The summed E-state index contributed by atoms with van der Waals surface area (Å²) in [4.78, 5) is 59.8. The SMILES string of the molecule is CCCN(CCCNCCN(CCCN)Cc1cn(-c2ccc3c4c(cccc24)C(=O)N(CC)C3=O)nn1)Cc1cn(-c2ccc3c4c(cccc24)C(=O)N(CC)C3=O)nn1. The van der Waals surface area contributed by atoms with Gasteiger partial charge in [-0.15, -0.1) is 10.2 Å². The van der Waals surface area contributed by atoms with Crippen LogP contribution in [0.2, 0.25) is 0 Å². The topological polar surface area (TPSA) is 181 Å². The number of imide groups is 2. The number of rotatable bonds is 20. The lowest BCUT2D eigenvalue weighted by Gasteiger charge is -2.26. The molecule has 8 rings (SSSR count). The summed E-state index contributed by atoms with van der Waals surface area (Å²) in [7, 11) is 0. The van der Waals surface area contributed by atoms with Crippen LogP contribution in [0.3, 0.4) is 0 Å². The molecule has 6 aromatic rings. The van der Waals surface area contributed by atoms with Gasteiger partial charge in [-0.1, -0.05) is 41.6 Å². The summed E-state index contributed by atoms with van der Waals surface area (Å²) < 4.78 is 3.46. The molecule has 0 unspecified atom stereocenters. The van der Waals surface area contributed by atoms with E-state index in [9.17, 15) is 19.2 Å². The van der Waals surface area contributed by atoms with Gasteiger partial charge in [0, 0.05) is 83.1 Å². The largest absolute Gasteiger partial charge is 0.330 e. The predicted octanol–water partition coefficient (Wildman–Crippen LogP) is 4.43. The first-order valence-electron chi connectivity index (χ1n) is 21.3. The number of benzene rings is 4. The van der Waals surface area contributed by atoms with Crippen molar-refractivity contribution in [3.05, 3.63) is 107 Å². The number of carbonyl (C=O) groups is 4. The number of hydrogen-bond donors (Lipinski definition) is 2. The van der Waals surface area contributed by atoms with E-state index >= 15 is 0 Å². The molecule has 0 aliphatic carbocycles. The predicted molar refractivity (Wildman–Crippen MR) is 232 cm³/mol. The van der Waals surface area contributed by atoms with E-state index in [2.05, 4.69) is 42.7 Å². The van der Waals surface area contributed by atoms with Gasteiger partial charge in [-0.2, -0.15) is 0 Å². The quantitative estimate of drug-likeness (QED) is 0.0819. The van der Waals surface area contributed by atoms with Crippen LogP contribution < -0.4 is 11.1 Å². The second-order valence-electron chi connectivity index (χ2n) is 15.5. The van der Waals surface area contributed by atoms with Crippen LogP contribution >= 0.6 is 0 Å². The van der Waals surface area contributed by atoms with E-state index in [0.29, 0.717) is 65.8 Å². The van der Waals surface area contributed by atoms with Crippen molar-refractivity contribution in [2.45, 2.75) is 53.1 Å². The first-order valence-corrected chi connectivity index (χ1v) is 21.3. The molecule has 2 aliphatic heterocycles. The van der Waals surface area contributed by atoms with Gasteiger partial charge in [0.25, 0.3) is 23.6 Å². The molecule has 16 heteroatoms. The smallest absolute Gasteiger partial charge is 0.261 e. The number of nitrogens with two attached hydrogens (primary N) is 1. The molecule has 16 nitrogen and oxygen atoms in total. The molecular formula is C45H52N12O4. The Morgan fingerprint density at radius 1 is 0.574 bits per heavy atom. The molecule has 4 amide bonds. The van der Waals surface area contributed by atoms with Crippen molar-refractivity contribution < 1.29 is 19.2 Å². The molecule has 0 atom stereocenters. The molecule has 3 N–H and O–H groups in total. The molecule has 61 heavy (non-hydrogen) atoms. The van der Waals surface area contributed by atoms with Gasteiger partial charge in [0.05, 0.1) is 35.2 Å². The Hall–Kier alpha value is -6.20. The molecule has 0 saturated carbocycles. The standard InChI is InChI=1S/C45H52N12O4/c1-4-22-52(26-30-28-56(50-48-30)38-17-15-36-40-32(38)11-7-13-34(40)42(58)54(5-2)44(36)60)24-10-20-47-21-25-53(23-9-19-46)27-31-29-57(51-49-31)39-18-16-37-41-33(39)12-8-14-35(41)43(59)55(6-3)45(37)61/h7-8,11-18,28-29,47H,4-6,9-10,19-27,46H2,1-3H3. The number of amides is 4. The molecular weight excluding hydrogens is 773 g/mol. The highest BCUT2D eigenvalue weighted by Crippen LogP contribution is 2.35. The second-order valence-corrected chi connectivity index (χ2v) is 15.5. The van der Waals surface area contributed by atoms with Gasteiger partial charge < -0.3 is 11.1 Å². The van der Waals surface area contributed by atoms with Crippen LogP contribution in [0.5, 0.6) is 0 Å². The number of nitrogens with zero attached hydrogens (tertiary/aromatic N) is 10. The Balaban J connectivity index is 0.854. The summed E-state index contributed by atoms with van der Waals surface area (Å²) in [6.07, 6.45) is 6.67. The van der Waals surface area contributed by atoms with Crippen LogP contribution in [0.15, 0.2) is 73.1 Å². The lowest BCUT2D eigenvalue weighted by molar-refractivity contribution is 0.0603. The summed E-state index contributed by atoms with van der Waals surface area (Å²) in [5.74, 6) is -1.11. The zero-order valence-electron chi connectivity index (χ0n) is 35.0. The third-order valence-corrected chi connectivity index (χ3v) is 11.6. The van der Waals surface area contributed by atoms with Crippen molar-refractivity contribution in [1.82, 2.24) is 54.9 Å². The molecule has 0 spiro atoms. The van der Waals surface area contributed by atoms with Gasteiger partial charge in [-0.05, 0) is 102 Å². The van der Waals surface area contributed by atoms with Crippen LogP contribution in [0.25, 0.3) is 32.9 Å². The lowest BCUT2D eigenvalue weighted by atomic mass is 9.93. The summed E-state index contributed by atoms with van der Waals surface area (Å²) in [6.45, 7) is 13.4. The van der Waals surface area contributed by atoms with E-state index < -0.39 is 0 Å². The van der Waals surface area contributed by atoms with Crippen LogP contribution in [0.4, 0.5) is 0 Å². The van der Waals surface area contributed by atoms with E-state index in [1.54, 1.807) is 47.5 Å². The maximum absolute atomic E-state index is 13.1. The van der Waals surface area contributed by atoms with Crippen LogP contribution in [0.1, 0.15) is 92.9 Å². The van der Waals surface area contributed by atoms with Crippen molar-refractivity contribution in [2.75, 3.05) is 58.9 Å². The summed E-state index contributed by atoms with van der Waals surface area (Å²) >= 11 is 0. The molecule has 0 fully saturated rings. The van der Waals surface area contributed by atoms with E-state index in [1.165, 1.54) is 9.80 Å². The average molecular weight is 825 g/mol. The van der Waals surface area contributed by atoms with Gasteiger partial charge in [-0.3, -0.25) is 38.8 Å². The van der Waals surface area contributed by atoms with E-state index in [4.69, 9.17) is 5.73 Å². The van der Waals surface area contributed by atoms with Gasteiger partial charge in [0.15, 0.2) is 0 Å². The van der Waals surface area contributed by atoms with Crippen molar-refractivity contribution in [1.29, 1.82) is 0 Å². The molecule has 0 bridgehead atoms. The van der Waals surface area contributed by atoms with Crippen molar-refractivity contribution in [3.8, 4) is 11.4 Å². The Labute approximate surface area is 354 Å². The third kappa shape index (κ3) is 8.06. The highest BCUT2D eigenvalue weighted by molar-refractivity contribution is 6.27. The monoisotopic (exact) mass is 824 g/mol. The first kappa shape index (κ1) is 41.5. The third-order valence-electron chi connectivity index (χ3n) is 11.6. The summed E-state index contributed by atoms with van der Waals surface area (Å²) in [5.41, 5.74) is 11.2. The Morgan fingerprint density at radius 3 is 1.52 bits per heavy atom. The van der Waals surface area contributed by atoms with Crippen LogP contribution in [0, 0.1) is 0 Å². The molecule has 2 aromatic heterocycles. The zero-order valence-corrected chi connectivity index (χ0v) is 35.0. The highest BCUT2D eigenvalue weighted by Gasteiger charge is 2.34. The van der Waals surface area contributed by atoms with Gasteiger partial charge >= 0.3 is 0 Å². The van der Waals surface area contributed by atoms with E-state index in [-0.39, 0.29) is 23.6 Å². The Bertz CT molecular complexity index is 2570. The van der Waals surface area contributed by atoms with Crippen LogP contribution in [-0.2, 0) is 13.1 Å².